The quantitative estimate of drug-likeness (QED) is 0.746. The van der Waals surface area contributed by atoms with Crippen molar-refractivity contribution >= 4 is 22.7 Å². The topological polar surface area (TPSA) is 70.5 Å². The maximum Gasteiger partial charge on any atom is 0.317 e. The minimum atomic E-state index is -0.266. The minimum Gasteiger partial charge on any atom is -0.335 e. The number of carbonyl (C=O) groups is 2. The van der Waals surface area contributed by atoms with Gasteiger partial charge in [0.25, 0.3) is 5.91 Å². The number of likely N-dealkylation sites (N-methyl/N-ethyl adjacent to an activating group) is 1. The Bertz CT molecular complexity index is 1110. The minimum absolute atomic E-state index is 0.00677. The van der Waals surface area contributed by atoms with Gasteiger partial charge in [-0.2, -0.15) is 5.10 Å². The van der Waals surface area contributed by atoms with Gasteiger partial charge in [-0.3, -0.25) is 9.48 Å². The third kappa shape index (κ3) is 2.32. The molecule has 2 fully saturated rings. The molecule has 5 rings (SSSR count). The van der Waals surface area contributed by atoms with Crippen molar-refractivity contribution in [1.82, 2.24) is 24.9 Å². The van der Waals surface area contributed by atoms with Crippen molar-refractivity contribution < 1.29 is 9.59 Å². The zero-order valence-electron chi connectivity index (χ0n) is 15.8. The summed E-state index contributed by atoms with van der Waals surface area (Å²) in [5, 5.41) is 9.09. The van der Waals surface area contributed by atoms with E-state index in [9.17, 15) is 9.59 Å². The number of nitrogens with zero attached hydrogens (tertiary/aromatic N) is 4. The van der Waals surface area contributed by atoms with E-state index in [1.807, 2.05) is 54.7 Å². The predicted molar refractivity (Wildman–Crippen MR) is 106 cm³/mol. The molecule has 1 N–H and O–H groups in total. The van der Waals surface area contributed by atoms with Gasteiger partial charge in [0.2, 0.25) is 0 Å². The first kappa shape index (κ1) is 16.8. The molecule has 3 heterocycles. The first-order valence-corrected chi connectivity index (χ1v) is 9.30. The molecule has 2 aliphatic heterocycles. The van der Waals surface area contributed by atoms with Gasteiger partial charge in [-0.05, 0) is 22.4 Å². The van der Waals surface area contributed by atoms with Gasteiger partial charge >= 0.3 is 6.03 Å². The van der Waals surface area contributed by atoms with Crippen LogP contribution in [0.4, 0.5) is 4.79 Å². The predicted octanol–water partition coefficient (Wildman–Crippen LogP) is 2.09. The number of hydrogen-bond acceptors (Lipinski definition) is 3. The van der Waals surface area contributed by atoms with Gasteiger partial charge in [-0.1, -0.05) is 30.3 Å². The van der Waals surface area contributed by atoms with Gasteiger partial charge in [-0.25, -0.2) is 4.79 Å². The highest BCUT2D eigenvalue weighted by Gasteiger charge is 2.53. The molecule has 7 nitrogen and oxygen atoms in total. The average Bonchev–Trinajstić information content (AvgIpc) is 3.23. The van der Waals surface area contributed by atoms with Crippen molar-refractivity contribution in [2.45, 2.75) is 5.54 Å². The first-order valence-electron chi connectivity index (χ1n) is 9.30. The van der Waals surface area contributed by atoms with Crippen LogP contribution in [0.25, 0.3) is 21.9 Å². The van der Waals surface area contributed by atoms with E-state index in [4.69, 9.17) is 0 Å². The Kier molecular flexibility index (Phi) is 3.49. The summed E-state index contributed by atoms with van der Waals surface area (Å²) in [6.07, 6.45) is 3.81. The summed E-state index contributed by atoms with van der Waals surface area (Å²) in [4.78, 5) is 28.5. The fourth-order valence-electron chi connectivity index (χ4n) is 4.30. The summed E-state index contributed by atoms with van der Waals surface area (Å²) in [7, 11) is 3.69. The molecule has 7 heteroatoms. The van der Waals surface area contributed by atoms with Crippen LogP contribution in [0.3, 0.4) is 0 Å². The van der Waals surface area contributed by atoms with Crippen LogP contribution in [0.2, 0.25) is 0 Å². The fourth-order valence-corrected chi connectivity index (χ4v) is 4.30. The van der Waals surface area contributed by atoms with Crippen LogP contribution in [0, 0.1) is 0 Å². The number of aryl methyl sites for hydroxylation is 1. The molecule has 3 aromatic rings. The average molecular weight is 375 g/mol. The van der Waals surface area contributed by atoms with E-state index < -0.39 is 0 Å². The smallest absolute Gasteiger partial charge is 0.317 e. The molecule has 3 amide bonds. The summed E-state index contributed by atoms with van der Waals surface area (Å²) < 4.78 is 1.77. The summed E-state index contributed by atoms with van der Waals surface area (Å²) >= 11 is 0. The first-order chi connectivity index (χ1) is 13.5. The van der Waals surface area contributed by atoms with Crippen molar-refractivity contribution in [3.8, 4) is 11.1 Å². The normalized spacial score (nSPS) is 17.9. The molecule has 0 aliphatic carbocycles. The van der Waals surface area contributed by atoms with Crippen molar-refractivity contribution in [3.63, 3.8) is 0 Å². The number of hydrogen-bond donors (Lipinski definition) is 1. The highest BCUT2D eigenvalue weighted by Crippen LogP contribution is 2.34. The van der Waals surface area contributed by atoms with Crippen LogP contribution >= 0.6 is 0 Å². The van der Waals surface area contributed by atoms with Crippen molar-refractivity contribution in [3.05, 3.63) is 54.4 Å². The number of nitrogens with one attached hydrogen (secondary N) is 1. The second-order valence-corrected chi connectivity index (χ2v) is 7.71. The van der Waals surface area contributed by atoms with Crippen LogP contribution in [0.15, 0.2) is 48.8 Å². The monoisotopic (exact) mass is 375 g/mol. The lowest BCUT2D eigenvalue weighted by molar-refractivity contribution is 0.00792. The van der Waals surface area contributed by atoms with Crippen LogP contribution in [-0.2, 0) is 7.05 Å². The number of carbonyl (C=O) groups excluding carboxylic acids is 2. The Morgan fingerprint density at radius 1 is 1.11 bits per heavy atom. The third-order valence-electron chi connectivity index (χ3n) is 6.01. The van der Waals surface area contributed by atoms with E-state index in [0.29, 0.717) is 25.2 Å². The molecule has 0 bridgehead atoms. The number of amides is 3. The van der Waals surface area contributed by atoms with Gasteiger partial charge < -0.3 is 15.1 Å². The maximum absolute atomic E-state index is 13.2. The van der Waals surface area contributed by atoms with Crippen molar-refractivity contribution in [2.24, 2.45) is 7.05 Å². The van der Waals surface area contributed by atoms with Crippen molar-refractivity contribution in [1.29, 1.82) is 0 Å². The highest BCUT2D eigenvalue weighted by molar-refractivity contribution is 6.10. The lowest BCUT2D eigenvalue weighted by atomic mass is 9.88. The number of fused-ring (bicyclic) bond motifs is 1. The van der Waals surface area contributed by atoms with E-state index >= 15 is 0 Å². The number of benzene rings is 2. The largest absolute Gasteiger partial charge is 0.335 e. The maximum atomic E-state index is 13.2. The third-order valence-corrected chi connectivity index (χ3v) is 6.01. The number of likely N-dealkylation sites (tertiary alicyclic amines) is 1. The molecule has 2 aromatic carbocycles. The highest BCUT2D eigenvalue weighted by atomic mass is 16.2. The molecule has 1 aromatic heterocycles. The molecule has 1 spiro atoms. The van der Waals surface area contributed by atoms with Gasteiger partial charge in [0.05, 0.1) is 11.7 Å². The molecular formula is C21H21N5O2. The summed E-state index contributed by atoms with van der Waals surface area (Å²) in [6, 6.07) is 11.8. The summed E-state index contributed by atoms with van der Waals surface area (Å²) in [5.41, 5.74) is 2.51. The van der Waals surface area contributed by atoms with Gasteiger partial charge in [0.1, 0.15) is 0 Å². The Balaban J connectivity index is 1.49. The van der Waals surface area contributed by atoms with Crippen LogP contribution in [0.1, 0.15) is 10.4 Å². The van der Waals surface area contributed by atoms with E-state index in [2.05, 4.69) is 16.5 Å². The zero-order chi connectivity index (χ0) is 19.5. The van der Waals surface area contributed by atoms with Gasteiger partial charge in [0, 0.05) is 51.1 Å². The van der Waals surface area contributed by atoms with E-state index in [1.165, 1.54) is 0 Å². The standard InChI is InChI=1S/C21H21N5O2/c1-24-10-14(9-23-24)15-5-3-7-17-16(15)6-4-8-18(17)19(27)26-12-21(13-26)11-22-20(28)25(21)2/h3-10H,11-13H2,1-2H3,(H,22,28). The number of aromatic nitrogens is 2. The van der Waals surface area contributed by atoms with Gasteiger partial charge in [-0.15, -0.1) is 0 Å². The Morgan fingerprint density at radius 2 is 1.86 bits per heavy atom. The lowest BCUT2D eigenvalue weighted by Gasteiger charge is -2.50. The Hall–Kier alpha value is -3.35. The lowest BCUT2D eigenvalue weighted by Crippen LogP contribution is -2.70. The molecule has 2 aliphatic rings. The van der Waals surface area contributed by atoms with Crippen molar-refractivity contribution in [2.75, 3.05) is 26.7 Å². The number of urea groups is 1. The molecule has 0 radical (unpaired) electrons. The molecular weight excluding hydrogens is 354 g/mol. The second-order valence-electron chi connectivity index (χ2n) is 7.71. The van der Waals surface area contributed by atoms with E-state index in [0.717, 1.165) is 21.9 Å². The number of rotatable bonds is 2. The fraction of sp³-hybridized carbons (Fsp3) is 0.286. The van der Waals surface area contributed by atoms with Gasteiger partial charge in [0.15, 0.2) is 0 Å². The molecule has 0 saturated carbocycles. The van der Waals surface area contributed by atoms with Crippen LogP contribution in [-0.4, -0.2) is 63.7 Å². The molecule has 142 valence electrons. The zero-order valence-corrected chi connectivity index (χ0v) is 15.8. The summed E-state index contributed by atoms with van der Waals surface area (Å²) in [5.74, 6) is 0.00677. The molecule has 0 unspecified atom stereocenters. The van der Waals surface area contributed by atoms with Crippen LogP contribution < -0.4 is 5.32 Å². The van der Waals surface area contributed by atoms with E-state index in [-0.39, 0.29) is 17.5 Å². The molecule has 2 saturated heterocycles. The summed E-state index contributed by atoms with van der Waals surface area (Å²) in [6.45, 7) is 1.70. The van der Waals surface area contributed by atoms with Crippen LogP contribution in [0.5, 0.6) is 0 Å². The second kappa shape index (κ2) is 5.82. The SMILES string of the molecule is CN1C(=O)NCC12CN(C(=O)c1cccc3c(-c4cnn(C)c4)cccc13)C2. The van der Waals surface area contributed by atoms with E-state index in [1.54, 1.807) is 16.6 Å². The molecule has 28 heavy (non-hydrogen) atoms. The molecule has 0 atom stereocenters. The Morgan fingerprint density at radius 3 is 2.54 bits per heavy atom. The Labute approximate surface area is 162 Å².